The maximum Gasteiger partial charge on any atom is 0.316 e. The van der Waals surface area contributed by atoms with Crippen LogP contribution in [-0.2, 0) is 14.3 Å². The average molecular weight is 379 g/mol. The van der Waals surface area contributed by atoms with Gasteiger partial charge in [-0.15, -0.1) is 0 Å². The van der Waals surface area contributed by atoms with Crippen LogP contribution in [0.25, 0.3) is 0 Å². The Balaban J connectivity index is 3.19. The van der Waals surface area contributed by atoms with Gasteiger partial charge < -0.3 is 19.5 Å². The molecule has 0 saturated heterocycles. The first kappa shape index (κ1) is 23.0. The lowest BCUT2D eigenvalue weighted by atomic mass is 9.97. The lowest BCUT2D eigenvalue weighted by molar-refractivity contribution is -0.160. The number of hydrogen-bond donors (Lipinski definition) is 1. The summed E-state index contributed by atoms with van der Waals surface area (Å²) in [6, 6.07) is 4.68. The van der Waals surface area contributed by atoms with E-state index in [2.05, 4.69) is 0 Å². The fraction of sp³-hybridized carbons (Fsp3) is 0.619. The van der Waals surface area contributed by atoms with E-state index in [-0.39, 0.29) is 17.5 Å². The predicted octanol–water partition coefficient (Wildman–Crippen LogP) is 3.93. The largest absolute Gasteiger partial charge is 0.504 e. The number of benzene rings is 1. The Labute approximate surface area is 162 Å². The smallest absolute Gasteiger partial charge is 0.316 e. The molecule has 0 aliphatic carbocycles. The zero-order valence-electron chi connectivity index (χ0n) is 17.8. The molecule has 1 aromatic rings. The molecule has 0 aliphatic rings. The van der Waals surface area contributed by atoms with Gasteiger partial charge in [-0.25, -0.2) is 0 Å². The van der Waals surface area contributed by atoms with E-state index in [4.69, 9.17) is 9.47 Å². The Morgan fingerprint density at radius 3 is 2.11 bits per heavy atom. The number of aromatic hydroxyl groups is 1. The maximum atomic E-state index is 12.4. The number of likely N-dealkylation sites (N-methyl/N-ethyl adjacent to an activating group) is 1. The van der Waals surface area contributed by atoms with Crippen molar-refractivity contribution in [3.63, 3.8) is 0 Å². The monoisotopic (exact) mass is 379 g/mol. The number of phenolic OH excluding ortho intramolecular Hbond substituents is 1. The summed E-state index contributed by atoms with van der Waals surface area (Å²) in [4.78, 5) is 26.6. The topological polar surface area (TPSA) is 76.1 Å². The van der Waals surface area contributed by atoms with E-state index in [1.165, 1.54) is 6.07 Å². The highest BCUT2D eigenvalue weighted by Crippen LogP contribution is 2.33. The molecule has 1 aromatic carbocycles. The number of carbonyl (C=O) groups is 2. The number of rotatable bonds is 6. The summed E-state index contributed by atoms with van der Waals surface area (Å²) in [5.74, 6) is -0.855. The molecule has 0 aliphatic heterocycles. The first-order chi connectivity index (χ1) is 12.3. The van der Waals surface area contributed by atoms with E-state index in [1.54, 1.807) is 53.7 Å². The van der Waals surface area contributed by atoms with Gasteiger partial charge in [0.1, 0.15) is 6.10 Å². The molecule has 1 N–H and O–H groups in total. The van der Waals surface area contributed by atoms with Crippen molar-refractivity contribution < 1.29 is 24.2 Å². The third-order valence-corrected chi connectivity index (χ3v) is 4.05. The van der Waals surface area contributed by atoms with Crippen LogP contribution in [0.15, 0.2) is 18.2 Å². The molecule has 0 amide bonds. The number of hydrogen-bond acceptors (Lipinski definition) is 6. The Bertz CT molecular complexity index is 670. The van der Waals surface area contributed by atoms with E-state index >= 15 is 0 Å². The van der Waals surface area contributed by atoms with Crippen molar-refractivity contribution in [1.82, 2.24) is 4.90 Å². The van der Waals surface area contributed by atoms with Crippen molar-refractivity contribution >= 4 is 11.9 Å². The highest BCUT2D eigenvalue weighted by Gasteiger charge is 2.29. The van der Waals surface area contributed by atoms with Crippen LogP contribution in [0.2, 0.25) is 0 Å². The molecule has 0 aromatic heterocycles. The summed E-state index contributed by atoms with van der Waals surface area (Å²) < 4.78 is 11.1. The van der Waals surface area contributed by atoms with Gasteiger partial charge in [0.25, 0.3) is 0 Å². The minimum Gasteiger partial charge on any atom is -0.504 e. The van der Waals surface area contributed by atoms with Crippen LogP contribution in [0.1, 0.15) is 60.1 Å². The highest BCUT2D eigenvalue weighted by molar-refractivity contribution is 5.78. The fourth-order valence-corrected chi connectivity index (χ4v) is 1.99. The van der Waals surface area contributed by atoms with Crippen molar-refractivity contribution in [2.75, 3.05) is 20.1 Å². The second-order valence-corrected chi connectivity index (χ2v) is 8.87. The summed E-state index contributed by atoms with van der Waals surface area (Å²) in [5, 5.41) is 10.1. The molecule has 6 nitrogen and oxygen atoms in total. The molecule has 0 saturated carbocycles. The second kappa shape index (κ2) is 8.74. The molecule has 0 spiro atoms. The Kier molecular flexibility index (Phi) is 7.43. The van der Waals surface area contributed by atoms with Crippen LogP contribution < -0.4 is 4.74 Å². The molecule has 1 atom stereocenters. The van der Waals surface area contributed by atoms with E-state index in [1.807, 2.05) is 18.9 Å². The molecule has 1 rings (SSSR count). The van der Waals surface area contributed by atoms with Gasteiger partial charge in [-0.2, -0.15) is 0 Å². The maximum absolute atomic E-state index is 12.4. The van der Waals surface area contributed by atoms with Crippen molar-refractivity contribution in [1.29, 1.82) is 0 Å². The Hall–Kier alpha value is -2.08. The van der Waals surface area contributed by atoms with Gasteiger partial charge in [0, 0.05) is 6.54 Å². The number of ether oxygens (including phenoxy) is 2. The first-order valence-electron chi connectivity index (χ1n) is 9.20. The molecule has 27 heavy (non-hydrogen) atoms. The SMILES string of the molecule is CCN(C)C[C@@H](OC(=O)C(C)(C)C)c1ccc(O)c(OC(=O)C(C)(C)C)c1. The minimum atomic E-state index is -0.705. The molecule has 0 unspecified atom stereocenters. The lowest BCUT2D eigenvalue weighted by Gasteiger charge is -2.27. The molecular formula is C21H33NO5. The van der Waals surface area contributed by atoms with Crippen molar-refractivity contribution in [3.05, 3.63) is 23.8 Å². The van der Waals surface area contributed by atoms with Gasteiger partial charge in [0.15, 0.2) is 11.5 Å². The van der Waals surface area contributed by atoms with Crippen LogP contribution in [0.5, 0.6) is 11.5 Å². The number of nitrogens with zero attached hydrogens (tertiary/aromatic N) is 1. The van der Waals surface area contributed by atoms with E-state index < -0.39 is 22.9 Å². The van der Waals surface area contributed by atoms with Crippen LogP contribution in [0.3, 0.4) is 0 Å². The molecule has 0 heterocycles. The summed E-state index contributed by atoms with van der Waals surface area (Å²) >= 11 is 0. The van der Waals surface area contributed by atoms with Crippen LogP contribution in [0.4, 0.5) is 0 Å². The van der Waals surface area contributed by atoms with Gasteiger partial charge >= 0.3 is 11.9 Å². The molecule has 6 heteroatoms. The zero-order chi connectivity index (χ0) is 21.0. The van der Waals surface area contributed by atoms with Gasteiger partial charge in [-0.1, -0.05) is 13.0 Å². The van der Waals surface area contributed by atoms with E-state index in [0.29, 0.717) is 12.1 Å². The third kappa shape index (κ3) is 6.86. The second-order valence-electron chi connectivity index (χ2n) is 8.87. The van der Waals surface area contributed by atoms with Gasteiger partial charge in [0.05, 0.1) is 10.8 Å². The molecule has 0 radical (unpaired) electrons. The normalized spacial score (nSPS) is 13.4. The number of phenols is 1. The third-order valence-electron chi connectivity index (χ3n) is 4.05. The fourth-order valence-electron chi connectivity index (χ4n) is 1.99. The molecule has 152 valence electrons. The zero-order valence-corrected chi connectivity index (χ0v) is 17.8. The molecular weight excluding hydrogens is 346 g/mol. The van der Waals surface area contributed by atoms with Crippen molar-refractivity contribution in [2.24, 2.45) is 10.8 Å². The summed E-state index contributed by atoms with van der Waals surface area (Å²) in [7, 11) is 1.93. The summed E-state index contributed by atoms with van der Waals surface area (Å²) in [6.45, 7) is 13.9. The van der Waals surface area contributed by atoms with Crippen molar-refractivity contribution in [2.45, 2.75) is 54.6 Å². The van der Waals surface area contributed by atoms with Gasteiger partial charge in [-0.3, -0.25) is 9.59 Å². The lowest BCUT2D eigenvalue weighted by Crippen LogP contribution is -2.31. The number of esters is 2. The predicted molar refractivity (Wildman–Crippen MR) is 105 cm³/mol. The standard InChI is InChI=1S/C21H33NO5/c1-9-22(8)13-17(27-19(25)21(5,6)7)14-10-11-15(23)16(12-14)26-18(24)20(2,3)4/h10-12,17,23H,9,13H2,1-8H3/t17-/m1/s1. The highest BCUT2D eigenvalue weighted by atomic mass is 16.6. The van der Waals surface area contributed by atoms with Gasteiger partial charge in [-0.05, 0) is 72.8 Å². The molecule has 0 fully saturated rings. The van der Waals surface area contributed by atoms with E-state index in [9.17, 15) is 14.7 Å². The summed E-state index contributed by atoms with van der Waals surface area (Å²) in [6.07, 6.45) is -0.547. The van der Waals surface area contributed by atoms with E-state index in [0.717, 1.165) is 6.54 Å². The first-order valence-corrected chi connectivity index (χ1v) is 9.20. The average Bonchev–Trinajstić information content (AvgIpc) is 2.54. The Morgan fingerprint density at radius 1 is 1.07 bits per heavy atom. The Morgan fingerprint density at radius 2 is 1.63 bits per heavy atom. The van der Waals surface area contributed by atoms with Crippen LogP contribution in [-0.4, -0.2) is 42.1 Å². The van der Waals surface area contributed by atoms with Crippen molar-refractivity contribution in [3.8, 4) is 11.5 Å². The summed E-state index contributed by atoms with van der Waals surface area (Å²) in [5.41, 5.74) is -0.688. The minimum absolute atomic E-state index is 0.0587. The van der Waals surface area contributed by atoms with Crippen LogP contribution >= 0.6 is 0 Å². The van der Waals surface area contributed by atoms with Crippen LogP contribution in [0, 0.1) is 10.8 Å². The quantitative estimate of drug-likeness (QED) is 0.596. The number of carbonyl (C=O) groups excluding carboxylic acids is 2. The van der Waals surface area contributed by atoms with Gasteiger partial charge in [0.2, 0.25) is 0 Å². The molecule has 0 bridgehead atoms.